The Bertz CT molecular complexity index is 1170. The van der Waals surface area contributed by atoms with Crippen LogP contribution < -0.4 is 9.80 Å². The third-order valence-corrected chi connectivity index (χ3v) is 11.8. The molecule has 174 valence electrons. The summed E-state index contributed by atoms with van der Waals surface area (Å²) in [7, 11) is 3.10. The highest BCUT2D eigenvalue weighted by atomic mass is 32.3. The molecule has 4 heteroatoms. The molecule has 4 rings (SSSR count). The van der Waals surface area contributed by atoms with Crippen LogP contribution in [0.1, 0.15) is 34.4 Å². The maximum absolute atomic E-state index is 3.98. The van der Waals surface area contributed by atoms with E-state index in [4.69, 9.17) is 0 Å². The van der Waals surface area contributed by atoms with Crippen LogP contribution >= 0.6 is 21.4 Å². The van der Waals surface area contributed by atoms with Gasteiger partial charge in [-0.1, -0.05) is 31.2 Å². The molecule has 0 fully saturated rings. The van der Waals surface area contributed by atoms with Crippen LogP contribution in [0.3, 0.4) is 0 Å². The first-order chi connectivity index (χ1) is 15.8. The summed E-state index contributed by atoms with van der Waals surface area (Å²) in [5, 5.41) is 2.24. The molecular formula is C29H36N2S2. The lowest BCUT2D eigenvalue weighted by molar-refractivity contribution is 0.891. The molecule has 0 radical (unpaired) electrons. The van der Waals surface area contributed by atoms with E-state index in [0.717, 1.165) is 18.8 Å². The molecule has 2 aromatic carbocycles. The Kier molecular flexibility index (Phi) is 6.78. The van der Waals surface area contributed by atoms with Crippen molar-refractivity contribution in [2.75, 3.05) is 49.0 Å². The second-order valence-electron chi connectivity index (χ2n) is 9.10. The third-order valence-electron chi connectivity index (χ3n) is 6.91. The molecular weight excluding hydrogens is 440 g/mol. The van der Waals surface area contributed by atoms with Gasteiger partial charge in [0.15, 0.2) is 0 Å². The summed E-state index contributed by atoms with van der Waals surface area (Å²) in [6, 6.07) is 16.6. The van der Waals surface area contributed by atoms with Crippen molar-refractivity contribution in [3.05, 3.63) is 94.7 Å². The van der Waals surface area contributed by atoms with Gasteiger partial charge >= 0.3 is 0 Å². The van der Waals surface area contributed by atoms with Crippen molar-refractivity contribution in [3.8, 4) is 0 Å². The summed E-state index contributed by atoms with van der Waals surface area (Å²) in [5.41, 5.74) is 6.89. The first kappa shape index (κ1) is 23.7. The standard InChI is InChI=1S/C29H36N2S2/c1-8-16-31(17-9-2)23-12-14-25-27(20-23)33(7,10-3)26-19-22(30(5)6)11-13-24(26)28(25)29-21(4)15-18-32-29/h8-9,11-15,18-20,28H,1-2,10,16-17H2,3-7H3. The highest BCUT2D eigenvalue weighted by molar-refractivity contribution is 8.33. The number of anilines is 2. The molecule has 3 aromatic rings. The zero-order valence-electron chi connectivity index (χ0n) is 20.6. The smallest absolute Gasteiger partial charge is 0.0457 e. The van der Waals surface area contributed by atoms with Crippen molar-refractivity contribution in [3.63, 3.8) is 0 Å². The van der Waals surface area contributed by atoms with E-state index < -0.39 is 10.0 Å². The molecule has 1 aromatic heterocycles. The fourth-order valence-electron chi connectivity index (χ4n) is 4.93. The van der Waals surface area contributed by atoms with Gasteiger partial charge in [0.1, 0.15) is 0 Å². The Labute approximate surface area is 205 Å². The van der Waals surface area contributed by atoms with E-state index >= 15 is 0 Å². The van der Waals surface area contributed by atoms with Gasteiger partial charge in [-0.05, 0) is 71.3 Å². The SMILES string of the molecule is C=CCN(CC=C)c1ccc2c(c1)S(C)(CC)c1cc(N(C)C)ccc1C2c1sccc1C. The first-order valence-corrected chi connectivity index (χ1v) is 14.7. The van der Waals surface area contributed by atoms with Crippen LogP contribution in [0, 0.1) is 6.92 Å². The maximum atomic E-state index is 3.98. The average Bonchev–Trinajstić information content (AvgIpc) is 3.24. The fraction of sp³-hybridized carbons (Fsp3) is 0.310. The van der Waals surface area contributed by atoms with Crippen molar-refractivity contribution >= 4 is 32.7 Å². The van der Waals surface area contributed by atoms with E-state index in [0.29, 0.717) is 5.92 Å². The minimum absolute atomic E-state index is 0.291. The fourth-order valence-corrected chi connectivity index (χ4v) is 9.03. The lowest BCUT2D eigenvalue weighted by Crippen LogP contribution is -2.25. The number of fused-ring (bicyclic) bond motifs is 2. The molecule has 0 amide bonds. The summed E-state index contributed by atoms with van der Waals surface area (Å²) >= 11 is 1.89. The van der Waals surface area contributed by atoms with Crippen LogP contribution in [0.25, 0.3) is 0 Å². The number of hydrogen-bond acceptors (Lipinski definition) is 3. The molecule has 33 heavy (non-hydrogen) atoms. The molecule has 0 aliphatic carbocycles. The van der Waals surface area contributed by atoms with Crippen molar-refractivity contribution in [2.45, 2.75) is 29.6 Å². The normalized spacial score (nSPS) is 20.8. The van der Waals surface area contributed by atoms with Crippen molar-refractivity contribution < 1.29 is 0 Å². The van der Waals surface area contributed by atoms with E-state index in [2.05, 4.69) is 105 Å². The molecule has 2 nitrogen and oxygen atoms in total. The summed E-state index contributed by atoms with van der Waals surface area (Å²) in [4.78, 5) is 9.12. The minimum Gasteiger partial charge on any atom is -0.378 e. The van der Waals surface area contributed by atoms with Crippen LogP contribution in [0.5, 0.6) is 0 Å². The van der Waals surface area contributed by atoms with E-state index in [1.807, 2.05) is 23.5 Å². The predicted octanol–water partition coefficient (Wildman–Crippen LogP) is 7.67. The van der Waals surface area contributed by atoms with Crippen molar-refractivity contribution in [2.24, 2.45) is 0 Å². The van der Waals surface area contributed by atoms with E-state index in [9.17, 15) is 0 Å². The van der Waals surface area contributed by atoms with Gasteiger partial charge in [-0.3, -0.25) is 0 Å². The van der Waals surface area contributed by atoms with Gasteiger partial charge < -0.3 is 9.80 Å². The molecule has 1 aliphatic heterocycles. The van der Waals surface area contributed by atoms with E-state index in [1.54, 1.807) is 0 Å². The van der Waals surface area contributed by atoms with Crippen molar-refractivity contribution in [1.29, 1.82) is 0 Å². The van der Waals surface area contributed by atoms with Crippen LogP contribution in [0.2, 0.25) is 0 Å². The van der Waals surface area contributed by atoms with Crippen molar-refractivity contribution in [1.82, 2.24) is 0 Å². The van der Waals surface area contributed by atoms with Gasteiger partial charge in [0, 0.05) is 59.1 Å². The molecule has 2 heterocycles. The highest BCUT2D eigenvalue weighted by Crippen LogP contribution is 2.68. The zero-order valence-corrected chi connectivity index (χ0v) is 22.2. The zero-order chi connectivity index (χ0) is 23.8. The Hall–Kier alpha value is -2.43. The Morgan fingerprint density at radius 2 is 1.52 bits per heavy atom. The maximum Gasteiger partial charge on any atom is 0.0457 e. The number of aryl methyl sites for hydroxylation is 1. The molecule has 0 saturated carbocycles. The van der Waals surface area contributed by atoms with Crippen LogP contribution in [0.4, 0.5) is 11.4 Å². The number of thiophene rings is 1. The Balaban J connectivity index is 2.00. The monoisotopic (exact) mass is 476 g/mol. The molecule has 0 N–H and O–H groups in total. The average molecular weight is 477 g/mol. The van der Waals surface area contributed by atoms with Gasteiger partial charge in [-0.15, -0.1) is 24.5 Å². The molecule has 1 aliphatic rings. The predicted molar refractivity (Wildman–Crippen MR) is 150 cm³/mol. The number of rotatable bonds is 8. The van der Waals surface area contributed by atoms with Crippen LogP contribution in [-0.2, 0) is 0 Å². The summed E-state index contributed by atoms with van der Waals surface area (Å²) in [6.45, 7) is 14.2. The number of nitrogens with zero attached hydrogens (tertiary/aromatic N) is 2. The number of hydrogen-bond donors (Lipinski definition) is 0. The third kappa shape index (κ3) is 4.04. The minimum atomic E-state index is -1.18. The van der Waals surface area contributed by atoms with Gasteiger partial charge in [-0.2, -0.15) is 10.0 Å². The first-order valence-electron chi connectivity index (χ1n) is 11.6. The second kappa shape index (κ2) is 9.44. The van der Waals surface area contributed by atoms with Crippen LogP contribution in [-0.4, -0.2) is 39.2 Å². The Morgan fingerprint density at radius 1 is 0.939 bits per heavy atom. The summed E-state index contributed by atoms with van der Waals surface area (Å²) in [6.07, 6.45) is 6.47. The van der Waals surface area contributed by atoms with Gasteiger partial charge in [0.25, 0.3) is 0 Å². The molecule has 0 bridgehead atoms. The lowest BCUT2D eigenvalue weighted by atomic mass is 9.87. The van der Waals surface area contributed by atoms with E-state index in [1.165, 1.54) is 42.7 Å². The van der Waals surface area contributed by atoms with Gasteiger partial charge in [0.05, 0.1) is 0 Å². The van der Waals surface area contributed by atoms with Gasteiger partial charge in [-0.25, -0.2) is 0 Å². The van der Waals surface area contributed by atoms with E-state index in [-0.39, 0.29) is 0 Å². The highest BCUT2D eigenvalue weighted by Gasteiger charge is 2.38. The second-order valence-corrected chi connectivity index (χ2v) is 13.7. The van der Waals surface area contributed by atoms with Crippen LogP contribution in [0.15, 0.2) is 82.9 Å². The molecule has 2 unspecified atom stereocenters. The molecule has 2 atom stereocenters. The Morgan fingerprint density at radius 3 is 2.00 bits per heavy atom. The topological polar surface area (TPSA) is 6.48 Å². The molecule has 0 saturated heterocycles. The largest absolute Gasteiger partial charge is 0.378 e. The lowest BCUT2D eigenvalue weighted by Gasteiger charge is -2.46. The summed E-state index contributed by atoms with van der Waals surface area (Å²) < 4.78 is 0. The molecule has 0 spiro atoms. The summed E-state index contributed by atoms with van der Waals surface area (Å²) in [5.74, 6) is 1.42. The van der Waals surface area contributed by atoms with Gasteiger partial charge in [0.2, 0.25) is 0 Å². The quantitative estimate of drug-likeness (QED) is 0.308. The number of benzene rings is 2.